The summed E-state index contributed by atoms with van der Waals surface area (Å²) in [6, 6.07) is 4.07. The fraction of sp³-hybridized carbons (Fsp3) is 0.500. The highest BCUT2D eigenvalue weighted by atomic mass is 16.6. The molecule has 24 heavy (non-hydrogen) atoms. The largest absolute Gasteiger partial charge is 0.488 e. The SMILES string of the molecule is CCOC(=O)[C@]12c3cc([N+](=O)[O-])ccc3O[C@H]1CC(=O)C[C@H]2OC. The number of nitro groups is 1. The lowest BCUT2D eigenvalue weighted by Gasteiger charge is -2.40. The second kappa shape index (κ2) is 5.86. The van der Waals surface area contributed by atoms with E-state index in [2.05, 4.69) is 0 Å². The number of ether oxygens (including phenoxy) is 3. The van der Waals surface area contributed by atoms with E-state index in [1.54, 1.807) is 6.92 Å². The molecular weight excluding hydrogens is 318 g/mol. The van der Waals surface area contributed by atoms with Gasteiger partial charge in [0, 0.05) is 37.6 Å². The first kappa shape index (κ1) is 16.4. The molecule has 0 radical (unpaired) electrons. The molecule has 1 aliphatic carbocycles. The first-order chi connectivity index (χ1) is 11.4. The standard InChI is InChI=1S/C16H17NO7/c1-3-23-15(19)16-11-6-9(17(20)21)4-5-12(11)24-14(16)8-10(18)7-13(16)22-2/h4-6,13-14H,3,7-8H2,1-2H3/t13-,14+,16+/m1/s1. The number of hydrogen-bond donors (Lipinski definition) is 0. The Morgan fingerprint density at radius 2 is 2.21 bits per heavy atom. The van der Waals surface area contributed by atoms with Crippen LogP contribution in [0.4, 0.5) is 5.69 Å². The normalized spacial score (nSPS) is 27.8. The van der Waals surface area contributed by atoms with E-state index < -0.39 is 28.5 Å². The van der Waals surface area contributed by atoms with Gasteiger partial charge in [-0.1, -0.05) is 0 Å². The van der Waals surface area contributed by atoms with Crippen LogP contribution in [0.3, 0.4) is 0 Å². The van der Waals surface area contributed by atoms with Gasteiger partial charge in [-0.3, -0.25) is 19.7 Å². The highest BCUT2D eigenvalue weighted by Crippen LogP contribution is 2.52. The van der Waals surface area contributed by atoms with Gasteiger partial charge in [0.1, 0.15) is 17.6 Å². The molecule has 0 saturated heterocycles. The van der Waals surface area contributed by atoms with Crippen molar-refractivity contribution in [1.82, 2.24) is 0 Å². The molecule has 2 aliphatic rings. The summed E-state index contributed by atoms with van der Waals surface area (Å²) in [4.78, 5) is 35.4. The van der Waals surface area contributed by atoms with Crippen molar-refractivity contribution < 1.29 is 28.7 Å². The molecule has 1 aliphatic heterocycles. The van der Waals surface area contributed by atoms with Crippen molar-refractivity contribution in [3.63, 3.8) is 0 Å². The molecule has 1 heterocycles. The third-order valence-electron chi connectivity index (χ3n) is 4.63. The summed E-state index contributed by atoms with van der Waals surface area (Å²) in [5.41, 5.74) is -1.19. The number of nitrogens with zero attached hydrogens (tertiary/aromatic N) is 1. The molecule has 0 unspecified atom stereocenters. The van der Waals surface area contributed by atoms with Gasteiger partial charge in [0.25, 0.3) is 5.69 Å². The molecule has 0 spiro atoms. The predicted octanol–water partition coefficient (Wildman–Crippen LogP) is 1.53. The molecule has 1 fully saturated rings. The number of Topliss-reactive ketones (excluding diaryl/α,β-unsaturated/α-hetero) is 1. The molecule has 1 saturated carbocycles. The van der Waals surface area contributed by atoms with Crippen molar-refractivity contribution in [2.24, 2.45) is 0 Å². The molecule has 0 aromatic heterocycles. The van der Waals surface area contributed by atoms with E-state index in [0.29, 0.717) is 11.3 Å². The maximum absolute atomic E-state index is 12.9. The Morgan fingerprint density at radius 3 is 2.83 bits per heavy atom. The van der Waals surface area contributed by atoms with Crippen molar-refractivity contribution in [2.75, 3.05) is 13.7 Å². The molecule has 0 amide bonds. The lowest BCUT2D eigenvalue weighted by molar-refractivity contribution is -0.384. The van der Waals surface area contributed by atoms with E-state index >= 15 is 0 Å². The summed E-state index contributed by atoms with van der Waals surface area (Å²) in [5, 5.41) is 11.1. The Hall–Kier alpha value is -2.48. The smallest absolute Gasteiger partial charge is 0.323 e. The van der Waals surface area contributed by atoms with Gasteiger partial charge in [0.05, 0.1) is 17.6 Å². The summed E-state index contributed by atoms with van der Waals surface area (Å²) in [7, 11) is 1.40. The van der Waals surface area contributed by atoms with Gasteiger partial charge in [0.2, 0.25) is 0 Å². The van der Waals surface area contributed by atoms with Crippen LogP contribution in [0.15, 0.2) is 18.2 Å². The zero-order chi connectivity index (χ0) is 17.5. The summed E-state index contributed by atoms with van der Waals surface area (Å²) in [5.74, 6) is -0.335. The van der Waals surface area contributed by atoms with Gasteiger partial charge in [-0.15, -0.1) is 0 Å². The fourth-order valence-electron chi connectivity index (χ4n) is 3.61. The Morgan fingerprint density at radius 1 is 1.46 bits per heavy atom. The van der Waals surface area contributed by atoms with Gasteiger partial charge < -0.3 is 14.2 Å². The van der Waals surface area contributed by atoms with Crippen LogP contribution in [0.2, 0.25) is 0 Å². The number of non-ortho nitro benzene ring substituents is 1. The van der Waals surface area contributed by atoms with Crippen LogP contribution < -0.4 is 4.74 Å². The van der Waals surface area contributed by atoms with Crippen molar-refractivity contribution in [3.05, 3.63) is 33.9 Å². The fourth-order valence-corrected chi connectivity index (χ4v) is 3.61. The maximum Gasteiger partial charge on any atom is 0.323 e. The number of benzene rings is 1. The van der Waals surface area contributed by atoms with Gasteiger partial charge >= 0.3 is 5.97 Å². The summed E-state index contributed by atoms with van der Waals surface area (Å²) in [6.07, 6.45) is -1.54. The highest BCUT2D eigenvalue weighted by Gasteiger charge is 2.64. The van der Waals surface area contributed by atoms with E-state index in [9.17, 15) is 19.7 Å². The zero-order valence-electron chi connectivity index (χ0n) is 13.3. The van der Waals surface area contributed by atoms with Crippen LogP contribution in [0.25, 0.3) is 0 Å². The van der Waals surface area contributed by atoms with Crippen LogP contribution in [0.5, 0.6) is 5.75 Å². The number of esters is 1. The molecule has 0 N–H and O–H groups in total. The molecule has 0 bridgehead atoms. The van der Waals surface area contributed by atoms with E-state index in [1.165, 1.54) is 25.3 Å². The topological polar surface area (TPSA) is 105 Å². The number of ketones is 1. The summed E-state index contributed by atoms with van der Waals surface area (Å²) < 4.78 is 16.5. The maximum atomic E-state index is 12.9. The van der Waals surface area contributed by atoms with Crippen molar-refractivity contribution in [3.8, 4) is 5.75 Å². The minimum atomic E-state index is -1.37. The number of carbonyl (C=O) groups excluding carboxylic acids is 2. The number of nitro benzene ring substituents is 1. The van der Waals surface area contributed by atoms with Crippen LogP contribution in [0.1, 0.15) is 25.3 Å². The molecule has 128 valence electrons. The Kier molecular flexibility index (Phi) is 4.00. The zero-order valence-corrected chi connectivity index (χ0v) is 13.3. The number of fused-ring (bicyclic) bond motifs is 3. The average molecular weight is 335 g/mol. The number of hydrogen-bond acceptors (Lipinski definition) is 7. The van der Waals surface area contributed by atoms with Gasteiger partial charge in [-0.25, -0.2) is 0 Å². The second-order valence-electron chi connectivity index (χ2n) is 5.80. The van der Waals surface area contributed by atoms with E-state index in [-0.39, 0.29) is 30.9 Å². The lowest BCUT2D eigenvalue weighted by Crippen LogP contribution is -2.59. The molecule has 3 atom stereocenters. The van der Waals surface area contributed by atoms with Crippen molar-refractivity contribution in [2.45, 2.75) is 37.4 Å². The van der Waals surface area contributed by atoms with Crippen molar-refractivity contribution >= 4 is 17.4 Å². The van der Waals surface area contributed by atoms with Crippen LogP contribution in [-0.2, 0) is 24.5 Å². The third-order valence-corrected chi connectivity index (χ3v) is 4.63. The Balaban J connectivity index is 2.22. The minimum absolute atomic E-state index is 0.0251. The first-order valence-corrected chi connectivity index (χ1v) is 7.62. The number of methoxy groups -OCH3 is 1. The number of carbonyl (C=O) groups is 2. The average Bonchev–Trinajstić information content (AvgIpc) is 2.88. The van der Waals surface area contributed by atoms with E-state index in [0.717, 1.165) is 0 Å². The molecule has 8 heteroatoms. The van der Waals surface area contributed by atoms with Crippen LogP contribution >= 0.6 is 0 Å². The van der Waals surface area contributed by atoms with E-state index in [4.69, 9.17) is 14.2 Å². The Bertz CT molecular complexity index is 704. The van der Waals surface area contributed by atoms with E-state index in [1.807, 2.05) is 0 Å². The van der Waals surface area contributed by atoms with Crippen LogP contribution in [-0.4, -0.2) is 42.6 Å². The minimum Gasteiger partial charge on any atom is -0.488 e. The molecule has 1 aromatic carbocycles. The van der Waals surface area contributed by atoms with Gasteiger partial charge in [-0.05, 0) is 13.0 Å². The summed E-state index contributed by atoms with van der Waals surface area (Å²) >= 11 is 0. The monoisotopic (exact) mass is 335 g/mol. The predicted molar refractivity (Wildman–Crippen MR) is 80.9 cm³/mol. The van der Waals surface area contributed by atoms with Crippen molar-refractivity contribution in [1.29, 1.82) is 0 Å². The molecule has 3 rings (SSSR count). The first-order valence-electron chi connectivity index (χ1n) is 7.62. The number of rotatable bonds is 4. The Labute approximate surface area is 137 Å². The quantitative estimate of drug-likeness (QED) is 0.467. The summed E-state index contributed by atoms with van der Waals surface area (Å²) in [6.45, 7) is 1.81. The highest BCUT2D eigenvalue weighted by molar-refractivity contribution is 5.93. The molecular formula is C16H17NO7. The second-order valence-corrected chi connectivity index (χ2v) is 5.80. The molecule has 1 aromatic rings. The van der Waals surface area contributed by atoms with Crippen LogP contribution in [0, 0.1) is 10.1 Å². The lowest BCUT2D eigenvalue weighted by atomic mass is 9.66. The van der Waals surface area contributed by atoms with Gasteiger partial charge in [-0.2, -0.15) is 0 Å². The van der Waals surface area contributed by atoms with Gasteiger partial charge in [0.15, 0.2) is 5.41 Å². The third kappa shape index (κ3) is 2.17. The molecule has 8 nitrogen and oxygen atoms in total.